The summed E-state index contributed by atoms with van der Waals surface area (Å²) < 4.78 is 5.30. The van der Waals surface area contributed by atoms with Crippen LogP contribution in [0, 0.1) is 23.3 Å². The molecule has 0 bridgehead atoms. The van der Waals surface area contributed by atoms with Gasteiger partial charge in [-0.25, -0.2) is 4.85 Å². The number of allylic oxidation sites excluding steroid dienone is 1. The van der Waals surface area contributed by atoms with Crippen LogP contribution in [0.1, 0.15) is 27.2 Å². The van der Waals surface area contributed by atoms with Crippen molar-refractivity contribution in [3.05, 3.63) is 23.2 Å². The predicted octanol–water partition coefficient (Wildman–Crippen LogP) is 2.13. The number of piperidine rings is 1. The Morgan fingerprint density at radius 2 is 2.10 bits per heavy atom. The Bertz CT molecular complexity index is 513. The Labute approximate surface area is 120 Å². The number of Topliss-reactive ketones (excluding diaryl/α,β-unsaturated/α-hetero) is 1. The summed E-state index contributed by atoms with van der Waals surface area (Å²) in [6.45, 7) is 17.1. The molecule has 2 fully saturated rings. The zero-order chi connectivity index (χ0) is 14.5. The van der Waals surface area contributed by atoms with E-state index >= 15 is 0 Å². The summed E-state index contributed by atoms with van der Waals surface area (Å²) in [5.41, 5.74) is -0.169. The van der Waals surface area contributed by atoms with Gasteiger partial charge in [-0.15, -0.1) is 0 Å². The van der Waals surface area contributed by atoms with Gasteiger partial charge in [-0.2, -0.15) is 0 Å². The lowest BCUT2D eigenvalue weighted by Crippen LogP contribution is -2.60. The number of carbonyl (C=O) groups excluding carboxylic acids is 1. The normalized spacial score (nSPS) is 37.6. The molecule has 4 heteroatoms. The van der Waals surface area contributed by atoms with E-state index in [0.717, 1.165) is 32.7 Å². The van der Waals surface area contributed by atoms with Gasteiger partial charge in [0, 0.05) is 12.0 Å². The van der Waals surface area contributed by atoms with Gasteiger partial charge in [-0.05, 0) is 24.3 Å². The zero-order valence-corrected chi connectivity index (χ0v) is 12.5. The molecule has 0 aromatic heterocycles. The summed E-state index contributed by atoms with van der Waals surface area (Å²) in [7, 11) is 0. The molecular formula is C16H22N2O2. The molecule has 3 aliphatic rings. The van der Waals surface area contributed by atoms with Crippen molar-refractivity contribution < 1.29 is 9.53 Å². The van der Waals surface area contributed by atoms with Gasteiger partial charge in [0.2, 0.25) is 5.70 Å². The third kappa shape index (κ3) is 1.84. The molecule has 0 N–H and O–H groups in total. The topological polar surface area (TPSA) is 33.9 Å². The number of carbonyl (C=O) groups is 1. The zero-order valence-electron chi connectivity index (χ0n) is 12.5. The van der Waals surface area contributed by atoms with E-state index in [2.05, 4.69) is 16.7 Å². The van der Waals surface area contributed by atoms with Crippen molar-refractivity contribution in [1.29, 1.82) is 0 Å². The van der Waals surface area contributed by atoms with Crippen LogP contribution >= 0.6 is 0 Å². The van der Waals surface area contributed by atoms with Crippen LogP contribution in [-0.2, 0) is 9.53 Å². The highest BCUT2D eigenvalue weighted by Crippen LogP contribution is 2.52. The van der Waals surface area contributed by atoms with Crippen molar-refractivity contribution in [2.24, 2.45) is 16.7 Å². The summed E-state index contributed by atoms with van der Waals surface area (Å²) in [5.74, 6) is 0.348. The number of ketones is 1. The molecule has 0 saturated carbocycles. The van der Waals surface area contributed by atoms with E-state index < -0.39 is 5.41 Å². The molecule has 0 spiro atoms. The standard InChI is InChI=1S/C16H22N2O2/c1-15(2)13-5-6-18(11-8-20-9-11)10-16(13,3)7-12(17-4)14(15)19/h7,11,13H,5-6,8-10H2,1-3H3/t13-,16+/m0/s1. The monoisotopic (exact) mass is 274 g/mol. The van der Waals surface area contributed by atoms with Gasteiger partial charge in [0.15, 0.2) is 5.78 Å². The van der Waals surface area contributed by atoms with E-state index in [4.69, 9.17) is 11.3 Å². The third-order valence-electron chi connectivity index (χ3n) is 5.46. The van der Waals surface area contributed by atoms with Crippen LogP contribution in [0.2, 0.25) is 0 Å². The molecule has 0 aromatic carbocycles. The van der Waals surface area contributed by atoms with Crippen LogP contribution in [0.3, 0.4) is 0 Å². The number of fused-ring (bicyclic) bond motifs is 1. The average Bonchev–Trinajstić information content (AvgIpc) is 2.31. The van der Waals surface area contributed by atoms with Gasteiger partial charge in [0.25, 0.3) is 0 Å². The maximum Gasteiger partial charge on any atom is 0.226 e. The lowest BCUT2D eigenvalue weighted by Gasteiger charge is -2.55. The first-order valence-electron chi connectivity index (χ1n) is 7.35. The van der Waals surface area contributed by atoms with Crippen molar-refractivity contribution >= 4 is 5.78 Å². The van der Waals surface area contributed by atoms with E-state index in [1.165, 1.54) is 0 Å². The van der Waals surface area contributed by atoms with Gasteiger partial charge in [-0.1, -0.05) is 26.8 Å². The summed E-state index contributed by atoms with van der Waals surface area (Å²) in [4.78, 5) is 18.4. The number of likely N-dealkylation sites (tertiary alicyclic amines) is 1. The smallest absolute Gasteiger partial charge is 0.226 e. The first-order chi connectivity index (χ1) is 9.38. The second-order valence-corrected chi connectivity index (χ2v) is 7.20. The van der Waals surface area contributed by atoms with Crippen LogP contribution in [0.4, 0.5) is 0 Å². The van der Waals surface area contributed by atoms with E-state index in [0.29, 0.717) is 17.7 Å². The van der Waals surface area contributed by atoms with Gasteiger partial charge in [-0.3, -0.25) is 4.90 Å². The highest BCUT2D eigenvalue weighted by Gasteiger charge is 2.53. The molecule has 4 nitrogen and oxygen atoms in total. The molecule has 2 atom stereocenters. The molecule has 0 aromatic rings. The fourth-order valence-corrected chi connectivity index (χ4v) is 4.28. The second-order valence-electron chi connectivity index (χ2n) is 7.20. The molecule has 0 unspecified atom stereocenters. The van der Waals surface area contributed by atoms with Gasteiger partial charge < -0.3 is 9.53 Å². The Morgan fingerprint density at radius 1 is 1.40 bits per heavy atom. The molecule has 2 heterocycles. The van der Waals surface area contributed by atoms with Crippen molar-refractivity contribution in [3.8, 4) is 0 Å². The average molecular weight is 274 g/mol. The fraction of sp³-hybridized carbons (Fsp3) is 0.750. The molecule has 2 aliphatic heterocycles. The number of rotatable bonds is 1. The SMILES string of the molecule is [C-]#[N+]C1=C[C@]2(C)CN(C3COC3)CC[C@H]2C(C)(C)C1=O. The summed E-state index contributed by atoms with van der Waals surface area (Å²) >= 11 is 0. The summed E-state index contributed by atoms with van der Waals surface area (Å²) in [5, 5.41) is 0. The van der Waals surface area contributed by atoms with E-state index in [9.17, 15) is 4.79 Å². The van der Waals surface area contributed by atoms with Crippen LogP contribution in [-0.4, -0.2) is 43.0 Å². The maximum atomic E-state index is 12.4. The van der Waals surface area contributed by atoms with Crippen LogP contribution in [0.15, 0.2) is 11.8 Å². The van der Waals surface area contributed by atoms with Crippen LogP contribution in [0.25, 0.3) is 4.85 Å². The second kappa shape index (κ2) is 4.41. The van der Waals surface area contributed by atoms with Gasteiger partial charge in [0.1, 0.15) is 0 Å². The molecule has 3 rings (SSSR count). The molecular weight excluding hydrogens is 252 g/mol. The predicted molar refractivity (Wildman–Crippen MR) is 75.9 cm³/mol. The van der Waals surface area contributed by atoms with E-state index in [1.54, 1.807) is 0 Å². The van der Waals surface area contributed by atoms with Crippen LogP contribution < -0.4 is 0 Å². The molecule has 1 aliphatic carbocycles. The fourth-order valence-electron chi connectivity index (χ4n) is 4.28. The van der Waals surface area contributed by atoms with Crippen molar-refractivity contribution in [1.82, 2.24) is 4.90 Å². The Kier molecular flexibility index (Phi) is 3.04. The van der Waals surface area contributed by atoms with Crippen molar-refractivity contribution in [2.75, 3.05) is 26.3 Å². The molecule has 0 amide bonds. The molecule has 0 radical (unpaired) electrons. The number of hydrogen-bond donors (Lipinski definition) is 0. The van der Waals surface area contributed by atoms with E-state index in [1.807, 2.05) is 19.9 Å². The summed E-state index contributed by atoms with van der Waals surface area (Å²) in [6, 6.07) is 0.526. The Hall–Kier alpha value is -1.18. The first kappa shape index (κ1) is 13.8. The van der Waals surface area contributed by atoms with Crippen molar-refractivity contribution in [2.45, 2.75) is 33.2 Å². The first-order valence-corrected chi connectivity index (χ1v) is 7.35. The minimum Gasteiger partial charge on any atom is -0.378 e. The lowest BCUT2D eigenvalue weighted by atomic mass is 9.55. The summed E-state index contributed by atoms with van der Waals surface area (Å²) in [6.07, 6.45) is 2.97. The lowest BCUT2D eigenvalue weighted by molar-refractivity contribution is -0.137. The highest BCUT2D eigenvalue weighted by molar-refractivity contribution is 6.02. The highest BCUT2D eigenvalue weighted by atomic mass is 16.5. The minimum absolute atomic E-state index is 0.0235. The molecule has 20 heavy (non-hydrogen) atoms. The number of ether oxygens (including phenoxy) is 1. The number of hydrogen-bond acceptors (Lipinski definition) is 3. The quantitative estimate of drug-likeness (QED) is 0.687. The van der Waals surface area contributed by atoms with E-state index in [-0.39, 0.29) is 11.2 Å². The maximum absolute atomic E-state index is 12.4. The minimum atomic E-state index is -0.425. The largest absolute Gasteiger partial charge is 0.378 e. The van der Waals surface area contributed by atoms with Crippen molar-refractivity contribution in [3.63, 3.8) is 0 Å². The number of nitrogens with zero attached hydrogens (tertiary/aromatic N) is 2. The molecule has 2 saturated heterocycles. The Balaban J connectivity index is 1.94. The third-order valence-corrected chi connectivity index (χ3v) is 5.46. The van der Waals surface area contributed by atoms with Gasteiger partial charge in [0.05, 0.1) is 25.8 Å². The molecule has 108 valence electrons. The van der Waals surface area contributed by atoms with Crippen LogP contribution in [0.5, 0.6) is 0 Å². The van der Waals surface area contributed by atoms with Gasteiger partial charge >= 0.3 is 0 Å². The Morgan fingerprint density at radius 3 is 2.65 bits per heavy atom.